The van der Waals surface area contributed by atoms with Crippen molar-refractivity contribution in [3.63, 3.8) is 0 Å². The summed E-state index contributed by atoms with van der Waals surface area (Å²) in [7, 11) is 0. The molecule has 1 aliphatic rings. The first kappa shape index (κ1) is 15.8. The number of carbonyl (C=O) groups is 2. The van der Waals surface area contributed by atoms with Crippen LogP contribution in [0, 0.1) is 12.8 Å². The average molecular weight is 311 g/mol. The lowest BCUT2D eigenvalue weighted by molar-refractivity contribution is -0.143. The van der Waals surface area contributed by atoms with Crippen molar-refractivity contribution in [1.29, 1.82) is 0 Å². The molecule has 21 heavy (non-hydrogen) atoms. The molecule has 1 saturated heterocycles. The van der Waals surface area contributed by atoms with Crippen LogP contribution in [-0.2, 0) is 9.59 Å². The Labute approximate surface area is 128 Å². The minimum atomic E-state index is -0.869. The van der Waals surface area contributed by atoms with Crippen molar-refractivity contribution in [2.75, 3.05) is 18.4 Å². The molecule has 0 spiro atoms. The number of halogens is 1. The largest absolute Gasteiger partial charge is 0.480 e. The van der Waals surface area contributed by atoms with Gasteiger partial charge >= 0.3 is 5.97 Å². The van der Waals surface area contributed by atoms with Gasteiger partial charge in [-0.1, -0.05) is 24.6 Å². The van der Waals surface area contributed by atoms with Gasteiger partial charge in [0.2, 0.25) is 5.91 Å². The van der Waals surface area contributed by atoms with E-state index in [9.17, 15) is 14.7 Å². The molecule has 1 amide bonds. The minimum Gasteiger partial charge on any atom is -0.480 e. The van der Waals surface area contributed by atoms with Crippen molar-refractivity contribution in [2.45, 2.75) is 26.3 Å². The molecular formula is C15H19ClN2O3. The first-order valence-corrected chi connectivity index (χ1v) is 7.29. The maximum atomic E-state index is 12.1. The summed E-state index contributed by atoms with van der Waals surface area (Å²) in [5.41, 5.74) is 1.46. The van der Waals surface area contributed by atoms with Crippen molar-refractivity contribution in [3.8, 4) is 0 Å². The lowest BCUT2D eigenvalue weighted by Gasteiger charge is -2.22. The number of rotatable bonds is 4. The summed E-state index contributed by atoms with van der Waals surface area (Å²) < 4.78 is 0. The molecule has 1 aromatic carbocycles. The van der Waals surface area contributed by atoms with Crippen LogP contribution in [0.15, 0.2) is 18.2 Å². The second-order valence-corrected chi connectivity index (χ2v) is 5.89. The maximum absolute atomic E-state index is 12.1. The van der Waals surface area contributed by atoms with Gasteiger partial charge in [0.15, 0.2) is 0 Å². The Morgan fingerprint density at radius 3 is 2.86 bits per heavy atom. The number of carboxylic acids is 1. The van der Waals surface area contributed by atoms with Crippen LogP contribution in [0.4, 0.5) is 5.69 Å². The third-order valence-corrected chi connectivity index (χ3v) is 4.36. The Bertz CT molecular complexity index is 562. The van der Waals surface area contributed by atoms with Gasteiger partial charge in [0.1, 0.15) is 6.04 Å². The molecule has 1 aromatic rings. The molecule has 2 rings (SSSR count). The smallest absolute Gasteiger partial charge is 0.321 e. The van der Waals surface area contributed by atoms with E-state index in [0.717, 1.165) is 12.0 Å². The third-order valence-electron chi connectivity index (χ3n) is 3.95. The second kappa shape index (κ2) is 6.45. The van der Waals surface area contributed by atoms with Crippen molar-refractivity contribution < 1.29 is 14.7 Å². The van der Waals surface area contributed by atoms with Gasteiger partial charge in [-0.05, 0) is 43.5 Å². The molecule has 0 saturated carbocycles. The molecule has 2 N–H and O–H groups in total. The fourth-order valence-electron chi connectivity index (χ4n) is 2.72. The zero-order valence-electron chi connectivity index (χ0n) is 12.1. The molecule has 2 unspecified atom stereocenters. The summed E-state index contributed by atoms with van der Waals surface area (Å²) in [5, 5.41) is 12.6. The molecule has 1 fully saturated rings. The van der Waals surface area contributed by atoms with Crippen LogP contribution in [0.3, 0.4) is 0 Å². The summed E-state index contributed by atoms with van der Waals surface area (Å²) in [5.74, 6) is -1.03. The molecule has 1 heterocycles. The monoisotopic (exact) mass is 310 g/mol. The fraction of sp³-hybridized carbons (Fsp3) is 0.467. The van der Waals surface area contributed by atoms with Gasteiger partial charge in [0, 0.05) is 10.7 Å². The highest BCUT2D eigenvalue weighted by Crippen LogP contribution is 2.25. The van der Waals surface area contributed by atoms with Crippen molar-refractivity contribution in [2.24, 2.45) is 5.92 Å². The predicted molar refractivity (Wildman–Crippen MR) is 81.6 cm³/mol. The van der Waals surface area contributed by atoms with Gasteiger partial charge < -0.3 is 10.4 Å². The molecule has 0 radical (unpaired) electrons. The molecule has 0 aromatic heterocycles. The molecule has 2 atom stereocenters. The quantitative estimate of drug-likeness (QED) is 0.896. The number of nitrogens with zero attached hydrogens (tertiary/aromatic N) is 1. The summed E-state index contributed by atoms with van der Waals surface area (Å²) in [6, 6.07) is 4.72. The Morgan fingerprint density at radius 1 is 1.48 bits per heavy atom. The van der Waals surface area contributed by atoms with Crippen molar-refractivity contribution in [1.82, 2.24) is 4.90 Å². The van der Waals surface area contributed by atoms with Crippen LogP contribution < -0.4 is 5.32 Å². The standard InChI is InChI=1S/C15H19ClN2O3/c1-9-6-7-18(14(9)15(20)21)8-13(19)17-12-5-3-4-11(16)10(12)2/h3-5,9,14H,6-8H2,1-2H3,(H,17,19)(H,20,21). The molecule has 0 bridgehead atoms. The van der Waals surface area contributed by atoms with E-state index in [2.05, 4.69) is 5.32 Å². The van der Waals surface area contributed by atoms with Gasteiger partial charge in [0.25, 0.3) is 0 Å². The van der Waals surface area contributed by atoms with Gasteiger partial charge in [-0.2, -0.15) is 0 Å². The van der Waals surface area contributed by atoms with Gasteiger partial charge in [-0.25, -0.2) is 0 Å². The number of hydrogen-bond donors (Lipinski definition) is 2. The summed E-state index contributed by atoms with van der Waals surface area (Å²) >= 11 is 6.01. The van der Waals surface area contributed by atoms with E-state index in [0.29, 0.717) is 17.3 Å². The summed E-state index contributed by atoms with van der Waals surface area (Å²) in [4.78, 5) is 25.1. The number of aliphatic carboxylic acids is 1. The summed E-state index contributed by atoms with van der Waals surface area (Å²) in [6.45, 7) is 4.43. The first-order chi connectivity index (χ1) is 9.90. The number of carbonyl (C=O) groups excluding carboxylic acids is 1. The topological polar surface area (TPSA) is 69.6 Å². The molecular weight excluding hydrogens is 292 g/mol. The Morgan fingerprint density at radius 2 is 2.19 bits per heavy atom. The van der Waals surface area contributed by atoms with Crippen molar-refractivity contribution in [3.05, 3.63) is 28.8 Å². The van der Waals surface area contributed by atoms with Crippen LogP contribution in [0.2, 0.25) is 5.02 Å². The van der Waals surface area contributed by atoms with E-state index in [1.165, 1.54) is 0 Å². The summed E-state index contributed by atoms with van der Waals surface area (Å²) in [6.07, 6.45) is 0.792. The van der Waals surface area contributed by atoms with Crippen molar-refractivity contribution >= 4 is 29.2 Å². The van der Waals surface area contributed by atoms with E-state index in [1.807, 2.05) is 13.8 Å². The SMILES string of the molecule is Cc1c(Cl)cccc1NC(=O)CN1CCC(C)C1C(=O)O. The third kappa shape index (κ3) is 3.54. The van der Waals surface area contributed by atoms with E-state index in [4.69, 9.17) is 11.6 Å². The molecule has 6 heteroatoms. The van der Waals surface area contributed by atoms with E-state index >= 15 is 0 Å². The molecule has 1 aliphatic heterocycles. The number of nitrogens with one attached hydrogen (secondary N) is 1. The number of likely N-dealkylation sites (tertiary alicyclic amines) is 1. The molecule has 5 nitrogen and oxygen atoms in total. The van der Waals surface area contributed by atoms with Gasteiger partial charge in [-0.15, -0.1) is 0 Å². The maximum Gasteiger partial charge on any atom is 0.321 e. The van der Waals surface area contributed by atoms with E-state index in [-0.39, 0.29) is 18.4 Å². The van der Waals surface area contributed by atoms with Crippen LogP contribution in [0.5, 0.6) is 0 Å². The number of anilines is 1. The first-order valence-electron chi connectivity index (χ1n) is 6.92. The van der Waals surface area contributed by atoms with Crippen LogP contribution in [-0.4, -0.2) is 41.0 Å². The van der Waals surface area contributed by atoms with Gasteiger partial charge in [-0.3, -0.25) is 14.5 Å². The van der Waals surface area contributed by atoms with Crippen LogP contribution in [0.1, 0.15) is 18.9 Å². The number of carboxylic acid groups (broad SMARTS) is 1. The van der Waals surface area contributed by atoms with Crippen LogP contribution >= 0.6 is 11.6 Å². The fourth-order valence-corrected chi connectivity index (χ4v) is 2.89. The van der Waals surface area contributed by atoms with E-state index < -0.39 is 12.0 Å². The zero-order chi connectivity index (χ0) is 15.6. The normalized spacial score (nSPS) is 22.2. The Hall–Kier alpha value is -1.59. The van der Waals surface area contributed by atoms with Gasteiger partial charge in [0.05, 0.1) is 6.54 Å². The lowest BCUT2D eigenvalue weighted by Crippen LogP contribution is -2.43. The second-order valence-electron chi connectivity index (χ2n) is 5.48. The Kier molecular flexibility index (Phi) is 4.85. The van der Waals surface area contributed by atoms with Crippen LogP contribution in [0.25, 0.3) is 0 Å². The highest BCUT2D eigenvalue weighted by molar-refractivity contribution is 6.31. The van der Waals surface area contributed by atoms with E-state index in [1.54, 1.807) is 23.1 Å². The minimum absolute atomic E-state index is 0.0585. The number of hydrogen-bond acceptors (Lipinski definition) is 3. The molecule has 0 aliphatic carbocycles. The Balaban J connectivity index is 2.02. The highest BCUT2D eigenvalue weighted by Gasteiger charge is 2.37. The molecule has 114 valence electrons. The number of benzene rings is 1. The average Bonchev–Trinajstić information content (AvgIpc) is 2.76. The highest BCUT2D eigenvalue weighted by atomic mass is 35.5. The predicted octanol–water partition coefficient (Wildman–Crippen LogP) is 2.38. The lowest BCUT2D eigenvalue weighted by atomic mass is 10.0. The number of amides is 1. The zero-order valence-corrected chi connectivity index (χ0v) is 12.9.